The second-order valence-corrected chi connectivity index (χ2v) is 7.12. The summed E-state index contributed by atoms with van der Waals surface area (Å²) >= 11 is 6.44. The second kappa shape index (κ2) is 7.08. The van der Waals surface area contributed by atoms with E-state index in [0.717, 1.165) is 54.2 Å². The average Bonchev–Trinajstić information content (AvgIpc) is 2.99. The molecule has 1 amide bonds. The summed E-state index contributed by atoms with van der Waals surface area (Å²) in [6, 6.07) is 9.92. The maximum Gasteiger partial charge on any atom is 0.404 e. The van der Waals surface area contributed by atoms with Crippen molar-refractivity contribution in [3.63, 3.8) is 0 Å². The Labute approximate surface area is 161 Å². The van der Waals surface area contributed by atoms with Gasteiger partial charge in [0.1, 0.15) is 11.6 Å². The van der Waals surface area contributed by atoms with Crippen LogP contribution in [0.5, 0.6) is 0 Å². The minimum Gasteiger partial charge on any atom is -0.465 e. The summed E-state index contributed by atoms with van der Waals surface area (Å²) in [5.74, 6) is 1.63. The van der Waals surface area contributed by atoms with E-state index in [4.69, 9.17) is 21.7 Å². The number of benzene rings is 1. The first-order valence-corrected chi connectivity index (χ1v) is 9.22. The third-order valence-corrected chi connectivity index (χ3v) is 5.32. The van der Waals surface area contributed by atoms with Crippen LogP contribution in [0.25, 0.3) is 22.4 Å². The van der Waals surface area contributed by atoms with E-state index < -0.39 is 6.09 Å². The number of halogens is 1. The molecule has 0 saturated carbocycles. The molecule has 0 spiro atoms. The number of para-hydroxylation sites is 2. The Hall–Kier alpha value is -2.80. The summed E-state index contributed by atoms with van der Waals surface area (Å²) < 4.78 is 2.03. The Morgan fingerprint density at radius 2 is 2.04 bits per heavy atom. The SMILES string of the molecule is Cn1c(-c2cc(N3CCC(NC(=O)O)CC3)ncc2Cl)nc2ccccc21. The van der Waals surface area contributed by atoms with Crippen molar-refractivity contribution in [3.8, 4) is 11.4 Å². The van der Waals surface area contributed by atoms with Gasteiger partial charge < -0.3 is 19.9 Å². The molecule has 0 aliphatic carbocycles. The van der Waals surface area contributed by atoms with Crippen LogP contribution in [-0.2, 0) is 7.05 Å². The lowest BCUT2D eigenvalue weighted by Crippen LogP contribution is -2.44. The van der Waals surface area contributed by atoms with Crippen LogP contribution in [-0.4, -0.2) is 44.9 Å². The van der Waals surface area contributed by atoms with Crippen LogP contribution in [0.15, 0.2) is 36.5 Å². The average molecular weight is 386 g/mol. The van der Waals surface area contributed by atoms with E-state index in [1.165, 1.54) is 0 Å². The standard InChI is InChI=1S/C19H20ClN5O2/c1-24-16-5-3-2-4-15(16)23-18(24)13-10-17(21-11-14(13)20)25-8-6-12(7-9-25)22-19(26)27/h2-5,10-12,22H,6-9H2,1H3,(H,26,27). The molecule has 2 aromatic heterocycles. The molecule has 1 aliphatic rings. The molecule has 0 bridgehead atoms. The quantitative estimate of drug-likeness (QED) is 0.720. The van der Waals surface area contributed by atoms with E-state index in [0.29, 0.717) is 5.02 Å². The number of nitrogens with one attached hydrogen (secondary N) is 1. The van der Waals surface area contributed by atoms with Gasteiger partial charge >= 0.3 is 6.09 Å². The van der Waals surface area contributed by atoms with Crippen molar-refractivity contribution < 1.29 is 9.90 Å². The van der Waals surface area contributed by atoms with Crippen LogP contribution in [0.2, 0.25) is 5.02 Å². The number of fused-ring (bicyclic) bond motifs is 1. The number of amides is 1. The van der Waals surface area contributed by atoms with Crippen molar-refractivity contribution in [1.29, 1.82) is 0 Å². The maximum absolute atomic E-state index is 10.8. The summed E-state index contributed by atoms with van der Waals surface area (Å²) in [6.07, 6.45) is 2.19. The lowest BCUT2D eigenvalue weighted by molar-refractivity contribution is 0.187. The van der Waals surface area contributed by atoms with Gasteiger partial charge in [-0.25, -0.2) is 14.8 Å². The number of aryl methyl sites for hydroxylation is 1. The Kier molecular flexibility index (Phi) is 4.61. The molecule has 140 valence electrons. The van der Waals surface area contributed by atoms with Gasteiger partial charge in [-0.2, -0.15) is 0 Å². The smallest absolute Gasteiger partial charge is 0.404 e. The molecule has 4 rings (SSSR count). The zero-order chi connectivity index (χ0) is 19.0. The minimum absolute atomic E-state index is 0.00893. The summed E-state index contributed by atoms with van der Waals surface area (Å²) in [7, 11) is 1.98. The van der Waals surface area contributed by atoms with Gasteiger partial charge in [0.25, 0.3) is 0 Å². The van der Waals surface area contributed by atoms with Crippen molar-refractivity contribution in [2.24, 2.45) is 7.05 Å². The molecule has 0 atom stereocenters. The molecule has 3 aromatic rings. The highest BCUT2D eigenvalue weighted by Crippen LogP contribution is 2.32. The first kappa shape index (κ1) is 17.6. The first-order valence-electron chi connectivity index (χ1n) is 8.84. The van der Waals surface area contributed by atoms with E-state index in [-0.39, 0.29) is 6.04 Å². The molecule has 1 fully saturated rings. The van der Waals surface area contributed by atoms with Crippen molar-refractivity contribution in [3.05, 3.63) is 41.6 Å². The largest absolute Gasteiger partial charge is 0.465 e. The van der Waals surface area contributed by atoms with Gasteiger partial charge in [-0.15, -0.1) is 0 Å². The van der Waals surface area contributed by atoms with Gasteiger partial charge in [0.15, 0.2) is 0 Å². The molecule has 1 aliphatic heterocycles. The van der Waals surface area contributed by atoms with E-state index in [2.05, 4.69) is 15.2 Å². The summed E-state index contributed by atoms with van der Waals surface area (Å²) in [5, 5.41) is 12.0. The normalized spacial score (nSPS) is 15.3. The van der Waals surface area contributed by atoms with Gasteiger partial charge in [-0.1, -0.05) is 23.7 Å². The topological polar surface area (TPSA) is 83.3 Å². The van der Waals surface area contributed by atoms with Gasteiger partial charge in [0, 0.05) is 37.9 Å². The molecule has 0 unspecified atom stereocenters. The number of carbonyl (C=O) groups is 1. The molecule has 3 heterocycles. The molecular formula is C19H20ClN5O2. The molecule has 8 heteroatoms. The number of anilines is 1. The molecule has 27 heavy (non-hydrogen) atoms. The lowest BCUT2D eigenvalue weighted by atomic mass is 10.1. The van der Waals surface area contributed by atoms with Crippen molar-refractivity contribution in [2.45, 2.75) is 18.9 Å². The third-order valence-electron chi connectivity index (χ3n) is 5.02. The van der Waals surface area contributed by atoms with Crippen molar-refractivity contribution in [2.75, 3.05) is 18.0 Å². The van der Waals surface area contributed by atoms with Crippen LogP contribution >= 0.6 is 11.6 Å². The second-order valence-electron chi connectivity index (χ2n) is 6.72. The Bertz CT molecular complexity index is 995. The number of rotatable bonds is 3. The van der Waals surface area contributed by atoms with Gasteiger partial charge in [0.2, 0.25) is 0 Å². The third kappa shape index (κ3) is 3.42. The van der Waals surface area contributed by atoms with Crippen LogP contribution in [0.4, 0.5) is 10.6 Å². The fraction of sp³-hybridized carbons (Fsp3) is 0.316. The molecule has 1 saturated heterocycles. The molecule has 2 N–H and O–H groups in total. The molecular weight excluding hydrogens is 366 g/mol. The van der Waals surface area contributed by atoms with Gasteiger partial charge in [0.05, 0.1) is 16.1 Å². The molecule has 1 aromatic carbocycles. The summed E-state index contributed by atoms with van der Waals surface area (Å²) in [6.45, 7) is 1.48. The number of nitrogens with zero attached hydrogens (tertiary/aromatic N) is 4. The van der Waals surface area contributed by atoms with E-state index >= 15 is 0 Å². The highest BCUT2D eigenvalue weighted by Gasteiger charge is 2.22. The summed E-state index contributed by atoms with van der Waals surface area (Å²) in [5.41, 5.74) is 2.80. The highest BCUT2D eigenvalue weighted by molar-refractivity contribution is 6.33. The number of aromatic nitrogens is 3. The van der Waals surface area contributed by atoms with E-state index in [9.17, 15) is 4.79 Å². The zero-order valence-electron chi connectivity index (χ0n) is 14.9. The zero-order valence-corrected chi connectivity index (χ0v) is 15.6. The number of piperidine rings is 1. The maximum atomic E-state index is 10.8. The lowest BCUT2D eigenvalue weighted by Gasteiger charge is -2.32. The molecule has 7 nitrogen and oxygen atoms in total. The predicted molar refractivity (Wildman–Crippen MR) is 105 cm³/mol. The highest BCUT2D eigenvalue weighted by atomic mass is 35.5. The van der Waals surface area contributed by atoms with Crippen LogP contribution in [0.3, 0.4) is 0 Å². The summed E-state index contributed by atoms with van der Waals surface area (Å²) in [4.78, 5) is 22.2. The van der Waals surface area contributed by atoms with Crippen LogP contribution in [0, 0.1) is 0 Å². The number of pyridine rings is 1. The van der Waals surface area contributed by atoms with Crippen molar-refractivity contribution >= 4 is 34.5 Å². The van der Waals surface area contributed by atoms with Crippen LogP contribution in [0.1, 0.15) is 12.8 Å². The predicted octanol–water partition coefficient (Wildman–Crippen LogP) is 3.53. The first-order chi connectivity index (χ1) is 13.0. The number of hydrogen-bond donors (Lipinski definition) is 2. The van der Waals surface area contributed by atoms with E-state index in [1.54, 1.807) is 6.20 Å². The number of hydrogen-bond acceptors (Lipinski definition) is 4. The van der Waals surface area contributed by atoms with Crippen molar-refractivity contribution in [1.82, 2.24) is 19.9 Å². The Balaban J connectivity index is 1.62. The monoisotopic (exact) mass is 385 g/mol. The fourth-order valence-electron chi connectivity index (χ4n) is 3.59. The Morgan fingerprint density at radius 3 is 2.74 bits per heavy atom. The van der Waals surface area contributed by atoms with Gasteiger partial charge in [-0.3, -0.25) is 0 Å². The van der Waals surface area contributed by atoms with E-state index in [1.807, 2.05) is 41.9 Å². The minimum atomic E-state index is -0.970. The number of imidazole rings is 1. The van der Waals surface area contributed by atoms with Crippen LogP contribution < -0.4 is 10.2 Å². The molecule has 0 radical (unpaired) electrons. The fourth-order valence-corrected chi connectivity index (χ4v) is 3.77. The Morgan fingerprint density at radius 1 is 1.30 bits per heavy atom. The van der Waals surface area contributed by atoms with Gasteiger partial charge in [-0.05, 0) is 31.0 Å². The number of carboxylic acid groups (broad SMARTS) is 1.